The highest BCUT2D eigenvalue weighted by atomic mass is 127. The second kappa shape index (κ2) is 3.69. The summed E-state index contributed by atoms with van der Waals surface area (Å²) in [6.07, 6.45) is 0. The van der Waals surface area contributed by atoms with E-state index in [1.165, 1.54) is 11.3 Å². The van der Waals surface area contributed by atoms with Crippen molar-refractivity contribution >= 4 is 56.6 Å². The van der Waals surface area contributed by atoms with Crippen LogP contribution < -0.4 is 5.46 Å². The zero-order valence-electron chi connectivity index (χ0n) is 6.94. The number of thiophene rings is 1. The molecule has 2 aromatic rings. The molecule has 0 atom stereocenters. The fourth-order valence-electron chi connectivity index (χ4n) is 1.31. The van der Waals surface area contributed by atoms with Gasteiger partial charge >= 0.3 is 7.12 Å². The summed E-state index contributed by atoms with van der Waals surface area (Å²) in [6, 6.07) is 3.51. The van der Waals surface area contributed by atoms with Gasteiger partial charge in [0.2, 0.25) is 0 Å². The van der Waals surface area contributed by atoms with Crippen molar-refractivity contribution in [3.8, 4) is 5.75 Å². The van der Waals surface area contributed by atoms with E-state index in [0.29, 0.717) is 10.8 Å². The predicted octanol–water partition coefficient (Wildman–Crippen LogP) is 0.891. The largest absolute Gasteiger partial charge is 0.506 e. The van der Waals surface area contributed by atoms with Gasteiger partial charge in [-0.2, -0.15) is 0 Å². The Labute approximate surface area is 98.3 Å². The van der Waals surface area contributed by atoms with Crippen molar-refractivity contribution < 1.29 is 15.2 Å². The molecule has 0 aliphatic rings. The molecule has 3 N–H and O–H groups in total. The summed E-state index contributed by atoms with van der Waals surface area (Å²) in [7, 11) is -1.50. The molecule has 1 aromatic heterocycles. The van der Waals surface area contributed by atoms with Crippen LogP contribution in [0, 0.1) is 3.57 Å². The zero-order chi connectivity index (χ0) is 10.3. The lowest BCUT2D eigenvalue weighted by Crippen LogP contribution is -2.30. The summed E-state index contributed by atoms with van der Waals surface area (Å²) >= 11 is 3.38. The molecule has 14 heavy (non-hydrogen) atoms. The summed E-state index contributed by atoms with van der Waals surface area (Å²) in [5, 5.41) is 30.0. The van der Waals surface area contributed by atoms with Crippen LogP contribution in [0.3, 0.4) is 0 Å². The van der Waals surface area contributed by atoms with Crippen LogP contribution in [-0.4, -0.2) is 22.3 Å². The van der Waals surface area contributed by atoms with Crippen molar-refractivity contribution in [3.63, 3.8) is 0 Å². The minimum Gasteiger partial charge on any atom is -0.506 e. The first-order valence-electron chi connectivity index (χ1n) is 3.85. The van der Waals surface area contributed by atoms with Gasteiger partial charge in [0.1, 0.15) is 5.75 Å². The molecular formula is C8H6BIO3S. The van der Waals surface area contributed by atoms with Gasteiger partial charge in [0.25, 0.3) is 0 Å². The Balaban J connectivity index is 2.82. The maximum absolute atomic E-state index is 9.49. The third-order valence-corrected chi connectivity index (χ3v) is 3.58. The van der Waals surface area contributed by atoms with Crippen molar-refractivity contribution in [2.24, 2.45) is 0 Å². The Kier molecular flexibility index (Phi) is 2.69. The minimum absolute atomic E-state index is 0.186. The van der Waals surface area contributed by atoms with E-state index in [9.17, 15) is 5.11 Å². The van der Waals surface area contributed by atoms with Crippen LogP contribution in [0.15, 0.2) is 17.5 Å². The van der Waals surface area contributed by atoms with Crippen LogP contribution in [-0.2, 0) is 0 Å². The average Bonchev–Trinajstić information content (AvgIpc) is 2.47. The summed E-state index contributed by atoms with van der Waals surface area (Å²) in [5.41, 5.74) is 0.442. The van der Waals surface area contributed by atoms with Gasteiger partial charge in [0.15, 0.2) is 0 Å². The van der Waals surface area contributed by atoms with Gasteiger partial charge < -0.3 is 15.2 Å². The van der Waals surface area contributed by atoms with Gasteiger partial charge in [-0.1, -0.05) is 0 Å². The van der Waals surface area contributed by atoms with Crippen LogP contribution in [0.2, 0.25) is 0 Å². The molecule has 0 bridgehead atoms. The highest BCUT2D eigenvalue weighted by molar-refractivity contribution is 14.1. The second-order valence-corrected chi connectivity index (χ2v) is 4.99. The van der Waals surface area contributed by atoms with E-state index in [2.05, 4.69) is 22.6 Å². The Morgan fingerprint density at radius 2 is 2.00 bits per heavy atom. The lowest BCUT2D eigenvalue weighted by atomic mass is 9.80. The number of fused-ring (bicyclic) bond motifs is 1. The van der Waals surface area contributed by atoms with Crippen LogP contribution >= 0.6 is 33.9 Å². The monoisotopic (exact) mass is 320 g/mol. The molecule has 72 valence electrons. The molecule has 0 saturated heterocycles. The first-order chi connectivity index (χ1) is 6.59. The molecule has 2 rings (SSSR count). The number of rotatable bonds is 1. The highest BCUT2D eigenvalue weighted by Crippen LogP contribution is 2.31. The van der Waals surface area contributed by atoms with E-state index in [4.69, 9.17) is 10.0 Å². The number of benzene rings is 1. The summed E-state index contributed by atoms with van der Waals surface area (Å²) in [4.78, 5) is 0. The van der Waals surface area contributed by atoms with Crippen LogP contribution in [0.5, 0.6) is 5.75 Å². The van der Waals surface area contributed by atoms with Crippen molar-refractivity contribution in [2.45, 2.75) is 0 Å². The molecule has 0 spiro atoms. The maximum atomic E-state index is 9.49. The molecule has 6 heteroatoms. The molecular weight excluding hydrogens is 314 g/mol. The van der Waals surface area contributed by atoms with Gasteiger partial charge in [0.05, 0.1) is 0 Å². The van der Waals surface area contributed by atoms with E-state index in [1.54, 1.807) is 11.4 Å². The summed E-state index contributed by atoms with van der Waals surface area (Å²) in [5.74, 6) is 0.186. The first kappa shape index (κ1) is 10.2. The fraction of sp³-hybridized carbons (Fsp3) is 0. The lowest BCUT2D eigenvalue weighted by Gasteiger charge is -2.02. The topological polar surface area (TPSA) is 60.7 Å². The number of aromatic hydroxyl groups is 1. The van der Waals surface area contributed by atoms with Crippen molar-refractivity contribution in [1.29, 1.82) is 0 Å². The van der Waals surface area contributed by atoms with E-state index >= 15 is 0 Å². The van der Waals surface area contributed by atoms with E-state index < -0.39 is 7.12 Å². The molecule has 0 amide bonds. The fourth-order valence-corrected chi connectivity index (χ4v) is 2.90. The number of hydrogen-bond donors (Lipinski definition) is 3. The normalized spacial score (nSPS) is 10.8. The third kappa shape index (κ3) is 1.62. The van der Waals surface area contributed by atoms with E-state index in [1.807, 2.05) is 6.07 Å². The second-order valence-electron chi connectivity index (χ2n) is 2.87. The van der Waals surface area contributed by atoms with Gasteiger partial charge in [-0.15, -0.1) is 11.3 Å². The van der Waals surface area contributed by atoms with Gasteiger partial charge in [-0.3, -0.25) is 0 Å². The Morgan fingerprint density at radius 1 is 1.29 bits per heavy atom. The summed E-state index contributed by atoms with van der Waals surface area (Å²) in [6.45, 7) is 0. The number of hydrogen-bond acceptors (Lipinski definition) is 4. The average molecular weight is 320 g/mol. The predicted molar refractivity (Wildman–Crippen MR) is 66.0 cm³/mol. The molecule has 0 fully saturated rings. The molecule has 0 aliphatic heterocycles. The molecule has 0 aliphatic carbocycles. The van der Waals surface area contributed by atoms with Crippen molar-refractivity contribution in [3.05, 3.63) is 21.1 Å². The van der Waals surface area contributed by atoms with Crippen LogP contribution in [0.1, 0.15) is 0 Å². The molecule has 1 aromatic carbocycles. The SMILES string of the molecule is OB(O)c1cc(I)cc2c(O)csc12. The standard InChI is InChI=1S/C8H6BIO3S/c10-4-1-5-7(11)3-14-8(5)6(2-4)9(12)13/h1-3,11-13H. The maximum Gasteiger partial charge on any atom is 0.489 e. The Morgan fingerprint density at radius 3 is 2.64 bits per heavy atom. The van der Waals surface area contributed by atoms with Crippen molar-refractivity contribution in [1.82, 2.24) is 0 Å². The first-order valence-corrected chi connectivity index (χ1v) is 5.81. The van der Waals surface area contributed by atoms with Crippen LogP contribution in [0.4, 0.5) is 0 Å². The Bertz CT molecular complexity index is 483. The smallest absolute Gasteiger partial charge is 0.489 e. The molecule has 0 radical (unpaired) electrons. The van der Waals surface area contributed by atoms with Crippen LogP contribution in [0.25, 0.3) is 10.1 Å². The molecule has 0 unspecified atom stereocenters. The quantitative estimate of drug-likeness (QED) is 0.540. The highest BCUT2D eigenvalue weighted by Gasteiger charge is 2.18. The lowest BCUT2D eigenvalue weighted by molar-refractivity contribution is 0.426. The van der Waals surface area contributed by atoms with E-state index in [-0.39, 0.29) is 5.75 Å². The minimum atomic E-state index is -1.50. The number of halogens is 1. The molecule has 0 saturated carbocycles. The molecule has 1 heterocycles. The van der Waals surface area contributed by atoms with Gasteiger partial charge in [0, 0.05) is 24.5 Å². The van der Waals surface area contributed by atoms with E-state index in [0.717, 1.165) is 8.27 Å². The molecule has 3 nitrogen and oxygen atoms in total. The zero-order valence-corrected chi connectivity index (χ0v) is 9.91. The van der Waals surface area contributed by atoms with Gasteiger partial charge in [-0.25, -0.2) is 0 Å². The Hall–Kier alpha value is -0.305. The third-order valence-electron chi connectivity index (χ3n) is 1.92. The summed E-state index contributed by atoms with van der Waals surface area (Å²) < 4.78 is 1.59. The van der Waals surface area contributed by atoms with Gasteiger partial charge in [-0.05, 0) is 34.7 Å². The van der Waals surface area contributed by atoms with Crippen molar-refractivity contribution in [2.75, 3.05) is 0 Å².